The van der Waals surface area contributed by atoms with Gasteiger partial charge in [-0.05, 0) is 62.9 Å². The van der Waals surface area contributed by atoms with Crippen LogP contribution in [-0.4, -0.2) is 0 Å². The summed E-state index contributed by atoms with van der Waals surface area (Å²) in [7, 11) is 0. The molecule has 0 aliphatic rings. The lowest BCUT2D eigenvalue weighted by Gasteiger charge is -2.14. The first-order valence-electron chi connectivity index (χ1n) is 5.26. The van der Waals surface area contributed by atoms with Crippen LogP contribution in [0.2, 0.25) is 0 Å². The van der Waals surface area contributed by atoms with Gasteiger partial charge in [-0.15, -0.1) is 11.3 Å². The third-order valence-electron chi connectivity index (χ3n) is 2.74. The summed E-state index contributed by atoms with van der Waals surface area (Å²) in [6.45, 7) is 4.20. The lowest BCUT2D eigenvalue weighted by Crippen LogP contribution is -2.11. The van der Waals surface area contributed by atoms with Gasteiger partial charge in [0, 0.05) is 9.35 Å². The average Bonchev–Trinajstić information content (AvgIpc) is 2.62. The summed E-state index contributed by atoms with van der Waals surface area (Å²) in [6, 6.07) is 8.44. The number of halogens is 2. The molecule has 1 aromatic carbocycles. The molecule has 17 heavy (non-hydrogen) atoms. The predicted molar refractivity (Wildman–Crippen MR) is 81.7 cm³/mol. The molecule has 0 radical (unpaired) electrons. The van der Waals surface area contributed by atoms with Gasteiger partial charge < -0.3 is 5.73 Å². The van der Waals surface area contributed by atoms with Gasteiger partial charge in [-0.2, -0.15) is 0 Å². The highest BCUT2D eigenvalue weighted by atomic mass is 79.9. The summed E-state index contributed by atoms with van der Waals surface area (Å²) < 4.78 is 2.16. The number of benzene rings is 1. The van der Waals surface area contributed by atoms with Gasteiger partial charge in [0.2, 0.25) is 0 Å². The Bertz CT molecular complexity index is 529. The van der Waals surface area contributed by atoms with Gasteiger partial charge in [0.25, 0.3) is 0 Å². The molecule has 90 valence electrons. The molecule has 0 aliphatic carbocycles. The Morgan fingerprint density at radius 3 is 2.47 bits per heavy atom. The molecular formula is C13H13Br2NS. The molecule has 1 heterocycles. The molecule has 0 amide bonds. The first kappa shape index (κ1) is 13.3. The van der Waals surface area contributed by atoms with Crippen molar-refractivity contribution in [3.05, 3.63) is 54.1 Å². The molecule has 2 rings (SSSR count). The second-order valence-electron chi connectivity index (χ2n) is 4.11. The summed E-state index contributed by atoms with van der Waals surface area (Å²) in [5.41, 5.74) is 10.0. The molecule has 0 spiro atoms. The summed E-state index contributed by atoms with van der Waals surface area (Å²) in [5, 5.41) is 0. The third kappa shape index (κ3) is 2.81. The Hall–Kier alpha value is -0.160. The first-order valence-corrected chi connectivity index (χ1v) is 7.66. The van der Waals surface area contributed by atoms with Crippen LogP contribution in [0, 0.1) is 13.8 Å². The zero-order valence-corrected chi connectivity index (χ0v) is 13.6. The fraction of sp³-hybridized carbons (Fsp3) is 0.231. The molecule has 0 saturated heterocycles. The van der Waals surface area contributed by atoms with E-state index >= 15 is 0 Å². The van der Waals surface area contributed by atoms with Crippen LogP contribution < -0.4 is 5.73 Å². The number of thiophene rings is 1. The van der Waals surface area contributed by atoms with Crippen molar-refractivity contribution < 1.29 is 0 Å². The van der Waals surface area contributed by atoms with E-state index in [1.807, 2.05) is 0 Å². The van der Waals surface area contributed by atoms with Crippen LogP contribution in [0.25, 0.3) is 0 Å². The number of hydrogen-bond acceptors (Lipinski definition) is 2. The van der Waals surface area contributed by atoms with Crippen molar-refractivity contribution in [1.29, 1.82) is 0 Å². The van der Waals surface area contributed by atoms with Crippen LogP contribution in [0.1, 0.15) is 27.6 Å². The fourth-order valence-corrected chi connectivity index (χ4v) is 3.88. The number of nitrogens with two attached hydrogens (primary N) is 1. The van der Waals surface area contributed by atoms with Crippen LogP contribution in [0.4, 0.5) is 0 Å². The molecule has 1 nitrogen and oxygen atoms in total. The summed E-state index contributed by atoms with van der Waals surface area (Å²) in [6.07, 6.45) is 0. The molecule has 2 aromatic rings. The van der Waals surface area contributed by atoms with Gasteiger partial charge in [-0.3, -0.25) is 0 Å². The average molecular weight is 375 g/mol. The monoisotopic (exact) mass is 373 g/mol. The maximum Gasteiger partial charge on any atom is 0.0843 e. The Kier molecular flexibility index (Phi) is 4.08. The quantitative estimate of drug-likeness (QED) is 0.791. The zero-order chi connectivity index (χ0) is 12.6. The Balaban J connectivity index is 2.42. The van der Waals surface area contributed by atoms with E-state index in [0.717, 1.165) is 13.1 Å². The second-order valence-corrected chi connectivity index (χ2v) is 7.36. The highest BCUT2D eigenvalue weighted by Gasteiger charge is 2.15. The fourth-order valence-electron chi connectivity index (χ4n) is 1.76. The molecule has 0 fully saturated rings. The predicted octanol–water partition coefficient (Wildman–Crippen LogP) is 4.94. The zero-order valence-electron chi connectivity index (χ0n) is 9.63. The SMILES string of the molecule is Cc1ccc(C)c(C(N)c2cc(Br)c(Br)s2)c1. The van der Waals surface area contributed by atoms with E-state index in [4.69, 9.17) is 5.73 Å². The van der Waals surface area contributed by atoms with E-state index in [-0.39, 0.29) is 6.04 Å². The minimum atomic E-state index is -0.0532. The Morgan fingerprint density at radius 1 is 1.18 bits per heavy atom. The molecule has 1 unspecified atom stereocenters. The van der Waals surface area contributed by atoms with Gasteiger partial charge in [0.05, 0.1) is 9.83 Å². The second kappa shape index (κ2) is 5.22. The van der Waals surface area contributed by atoms with Gasteiger partial charge in [0.15, 0.2) is 0 Å². The van der Waals surface area contributed by atoms with Crippen molar-refractivity contribution >= 4 is 43.2 Å². The number of rotatable bonds is 2. The van der Waals surface area contributed by atoms with E-state index in [0.29, 0.717) is 0 Å². The first-order chi connectivity index (χ1) is 7.99. The van der Waals surface area contributed by atoms with E-state index in [1.54, 1.807) is 11.3 Å². The number of aryl methyl sites for hydroxylation is 2. The molecule has 1 aromatic heterocycles. The highest BCUT2D eigenvalue weighted by Crippen LogP contribution is 2.37. The normalized spacial score (nSPS) is 12.8. The Labute approximate surface area is 122 Å². The van der Waals surface area contributed by atoms with Gasteiger partial charge in [-0.1, -0.05) is 23.8 Å². The maximum atomic E-state index is 6.34. The van der Waals surface area contributed by atoms with Crippen LogP contribution in [0.15, 0.2) is 32.5 Å². The van der Waals surface area contributed by atoms with E-state index in [1.165, 1.54) is 16.7 Å². The lowest BCUT2D eigenvalue weighted by atomic mass is 9.98. The largest absolute Gasteiger partial charge is 0.320 e. The van der Waals surface area contributed by atoms with Gasteiger partial charge in [-0.25, -0.2) is 0 Å². The molecule has 0 bridgehead atoms. The smallest absolute Gasteiger partial charge is 0.0843 e. The van der Waals surface area contributed by atoms with Gasteiger partial charge in [0.1, 0.15) is 0 Å². The minimum absolute atomic E-state index is 0.0532. The lowest BCUT2D eigenvalue weighted by molar-refractivity contribution is 0.880. The van der Waals surface area contributed by atoms with Crippen LogP contribution in [-0.2, 0) is 0 Å². The van der Waals surface area contributed by atoms with Crippen molar-refractivity contribution in [2.75, 3.05) is 0 Å². The van der Waals surface area contributed by atoms with Gasteiger partial charge >= 0.3 is 0 Å². The van der Waals surface area contributed by atoms with Crippen molar-refractivity contribution in [2.45, 2.75) is 19.9 Å². The van der Waals surface area contributed by atoms with Crippen LogP contribution in [0.5, 0.6) is 0 Å². The van der Waals surface area contributed by atoms with E-state index in [9.17, 15) is 0 Å². The number of hydrogen-bond donors (Lipinski definition) is 1. The molecule has 0 saturated carbocycles. The van der Waals surface area contributed by atoms with E-state index in [2.05, 4.69) is 70.0 Å². The van der Waals surface area contributed by atoms with Crippen molar-refractivity contribution in [3.8, 4) is 0 Å². The molecule has 1 atom stereocenters. The van der Waals surface area contributed by atoms with Crippen LogP contribution in [0.3, 0.4) is 0 Å². The minimum Gasteiger partial charge on any atom is -0.320 e. The Morgan fingerprint density at radius 2 is 1.88 bits per heavy atom. The summed E-state index contributed by atoms with van der Waals surface area (Å²) in [4.78, 5) is 1.16. The third-order valence-corrected chi connectivity index (χ3v) is 6.08. The molecule has 4 heteroatoms. The maximum absolute atomic E-state index is 6.34. The van der Waals surface area contributed by atoms with E-state index < -0.39 is 0 Å². The highest BCUT2D eigenvalue weighted by molar-refractivity contribution is 9.13. The standard InChI is InChI=1S/C13H13Br2NS/c1-7-3-4-8(2)9(5-7)12(16)11-6-10(14)13(15)17-11/h3-6,12H,16H2,1-2H3. The van der Waals surface area contributed by atoms with Crippen LogP contribution >= 0.6 is 43.2 Å². The molecule has 2 N–H and O–H groups in total. The summed E-state index contributed by atoms with van der Waals surface area (Å²) in [5.74, 6) is 0. The topological polar surface area (TPSA) is 26.0 Å². The van der Waals surface area contributed by atoms with Crippen molar-refractivity contribution in [2.24, 2.45) is 5.73 Å². The van der Waals surface area contributed by atoms with Crippen molar-refractivity contribution in [3.63, 3.8) is 0 Å². The molecular weight excluding hydrogens is 362 g/mol. The molecule has 0 aliphatic heterocycles. The summed E-state index contributed by atoms with van der Waals surface area (Å²) >= 11 is 8.68. The van der Waals surface area contributed by atoms with Crippen molar-refractivity contribution in [1.82, 2.24) is 0 Å².